The van der Waals surface area contributed by atoms with Gasteiger partial charge >= 0.3 is 0 Å². The number of carboxylic acids is 1. The molecule has 0 bridgehead atoms. The number of aromatic hydroxyl groups is 1. The number of carbonyl (C=O) groups is 2. The van der Waals surface area contributed by atoms with E-state index in [1.165, 1.54) is 17.7 Å². The lowest BCUT2D eigenvalue weighted by molar-refractivity contribution is -0.742. The standard InChI is InChI=1S/C19H23N3O4/c23-16-8-6-15(7-9-16)22-18(24)12-17(19(25)26)21-11-10-20-13-14-4-2-1-3-5-14/h1-9,17,20-21,23H,10-13H2,(H,22,24)(H,25,26)/p+1/t17-/m1/s1. The minimum Gasteiger partial charge on any atom is -0.544 e. The van der Waals surface area contributed by atoms with Crippen molar-refractivity contribution in [2.24, 2.45) is 0 Å². The highest BCUT2D eigenvalue weighted by atomic mass is 16.4. The van der Waals surface area contributed by atoms with E-state index >= 15 is 0 Å². The highest BCUT2D eigenvalue weighted by Crippen LogP contribution is 2.13. The maximum absolute atomic E-state index is 12.0. The van der Waals surface area contributed by atoms with Gasteiger partial charge in [-0.25, -0.2) is 0 Å². The third-order valence-electron chi connectivity index (χ3n) is 3.90. The monoisotopic (exact) mass is 358 g/mol. The summed E-state index contributed by atoms with van der Waals surface area (Å²) in [5.74, 6) is -1.57. The largest absolute Gasteiger partial charge is 0.544 e. The molecular weight excluding hydrogens is 334 g/mol. The van der Waals surface area contributed by atoms with Crippen LogP contribution in [0, 0.1) is 0 Å². The van der Waals surface area contributed by atoms with Gasteiger partial charge in [0.05, 0.1) is 12.4 Å². The van der Waals surface area contributed by atoms with Crippen molar-refractivity contribution >= 4 is 17.6 Å². The summed E-state index contributed by atoms with van der Waals surface area (Å²) in [6.45, 7) is 2.13. The van der Waals surface area contributed by atoms with E-state index in [4.69, 9.17) is 0 Å². The number of nitrogens with two attached hydrogens (primary N) is 2. The molecular formula is C19H24N3O4+. The van der Waals surface area contributed by atoms with E-state index in [-0.39, 0.29) is 12.2 Å². The number of hydrogen-bond donors (Lipinski definition) is 4. The van der Waals surface area contributed by atoms with Crippen LogP contribution in [0.25, 0.3) is 0 Å². The minimum absolute atomic E-state index is 0.0932. The molecule has 2 aromatic rings. The molecule has 0 radical (unpaired) electrons. The van der Waals surface area contributed by atoms with Crippen LogP contribution >= 0.6 is 0 Å². The maximum Gasteiger partial charge on any atom is 0.230 e. The summed E-state index contributed by atoms with van der Waals surface area (Å²) >= 11 is 0. The van der Waals surface area contributed by atoms with Crippen LogP contribution in [0.1, 0.15) is 12.0 Å². The third-order valence-corrected chi connectivity index (χ3v) is 3.90. The van der Waals surface area contributed by atoms with Crippen LogP contribution < -0.4 is 21.1 Å². The number of benzene rings is 2. The van der Waals surface area contributed by atoms with Crippen molar-refractivity contribution in [3.05, 3.63) is 60.2 Å². The van der Waals surface area contributed by atoms with Crippen LogP contribution in [0.15, 0.2) is 54.6 Å². The lowest BCUT2D eigenvalue weighted by Crippen LogP contribution is -2.99. The quantitative estimate of drug-likeness (QED) is 0.295. The van der Waals surface area contributed by atoms with Gasteiger partial charge < -0.3 is 31.0 Å². The highest BCUT2D eigenvalue weighted by Gasteiger charge is 2.18. The van der Waals surface area contributed by atoms with Crippen molar-refractivity contribution in [2.75, 3.05) is 18.4 Å². The first-order chi connectivity index (χ1) is 12.5. The van der Waals surface area contributed by atoms with Crippen molar-refractivity contribution < 1.29 is 30.4 Å². The van der Waals surface area contributed by atoms with Crippen molar-refractivity contribution in [3.8, 4) is 5.75 Å². The zero-order chi connectivity index (χ0) is 18.8. The maximum atomic E-state index is 12.0. The summed E-state index contributed by atoms with van der Waals surface area (Å²) in [6, 6.07) is 15.1. The molecule has 7 heteroatoms. The average Bonchev–Trinajstić information content (AvgIpc) is 2.63. The molecule has 0 spiro atoms. The number of phenols is 1. The average molecular weight is 358 g/mol. The van der Waals surface area contributed by atoms with Gasteiger partial charge in [0, 0.05) is 11.3 Å². The Balaban J connectivity index is 1.71. The van der Waals surface area contributed by atoms with Gasteiger partial charge in [-0.1, -0.05) is 30.3 Å². The molecule has 1 atom stereocenters. The Kier molecular flexibility index (Phi) is 7.60. The van der Waals surface area contributed by atoms with Crippen LogP contribution in [-0.2, 0) is 16.1 Å². The van der Waals surface area contributed by atoms with Crippen LogP contribution in [0.2, 0.25) is 0 Å². The van der Waals surface area contributed by atoms with Gasteiger partial charge in [0.25, 0.3) is 0 Å². The van der Waals surface area contributed by atoms with Crippen molar-refractivity contribution in [1.29, 1.82) is 0 Å². The number of phenolic OH excluding ortho intramolecular Hbond substituents is 1. The van der Waals surface area contributed by atoms with Gasteiger partial charge in [0.2, 0.25) is 5.91 Å². The molecule has 0 aliphatic carbocycles. The Hall–Kier alpha value is -2.90. The van der Waals surface area contributed by atoms with E-state index in [0.717, 1.165) is 13.1 Å². The van der Waals surface area contributed by atoms with E-state index in [9.17, 15) is 19.8 Å². The molecule has 0 aromatic heterocycles. The van der Waals surface area contributed by atoms with Gasteiger partial charge in [0.1, 0.15) is 31.4 Å². The zero-order valence-corrected chi connectivity index (χ0v) is 14.4. The van der Waals surface area contributed by atoms with E-state index in [2.05, 4.69) is 10.6 Å². The second kappa shape index (κ2) is 10.2. The molecule has 0 aliphatic rings. The van der Waals surface area contributed by atoms with Crippen molar-refractivity contribution in [3.63, 3.8) is 0 Å². The first-order valence-corrected chi connectivity index (χ1v) is 8.53. The highest BCUT2D eigenvalue weighted by molar-refractivity contribution is 5.93. The second-order valence-electron chi connectivity index (χ2n) is 6.02. The Labute approximate surface area is 152 Å². The lowest BCUT2D eigenvalue weighted by Gasteiger charge is -2.16. The molecule has 138 valence electrons. The molecule has 0 saturated carbocycles. The molecule has 0 fully saturated rings. The fourth-order valence-electron chi connectivity index (χ4n) is 2.52. The summed E-state index contributed by atoms with van der Waals surface area (Å²) in [7, 11) is 0. The molecule has 0 unspecified atom stereocenters. The van der Waals surface area contributed by atoms with Gasteiger partial charge in [0.15, 0.2) is 0 Å². The predicted molar refractivity (Wildman–Crippen MR) is 93.9 cm³/mol. The number of amides is 1. The van der Waals surface area contributed by atoms with Gasteiger partial charge in [-0.3, -0.25) is 4.79 Å². The fraction of sp³-hybridized carbons (Fsp3) is 0.263. The van der Waals surface area contributed by atoms with Crippen LogP contribution in [-0.4, -0.2) is 36.1 Å². The van der Waals surface area contributed by atoms with Gasteiger partial charge in [-0.15, -0.1) is 0 Å². The first-order valence-electron chi connectivity index (χ1n) is 8.53. The number of aliphatic carboxylic acids is 1. The van der Waals surface area contributed by atoms with E-state index in [1.807, 2.05) is 30.3 Å². The van der Waals surface area contributed by atoms with Crippen molar-refractivity contribution in [2.45, 2.75) is 19.0 Å². The molecule has 2 rings (SSSR count). The summed E-state index contributed by atoms with van der Waals surface area (Å²) in [4.78, 5) is 23.2. The Morgan fingerprint density at radius 3 is 2.38 bits per heavy atom. The predicted octanol–water partition coefficient (Wildman–Crippen LogP) is -1.83. The molecule has 0 heterocycles. The number of anilines is 1. The Morgan fingerprint density at radius 1 is 1.04 bits per heavy atom. The van der Waals surface area contributed by atoms with E-state index in [0.29, 0.717) is 12.2 Å². The smallest absolute Gasteiger partial charge is 0.230 e. The SMILES string of the molecule is O=C(C[C@@H]([NH2+]CC[NH2+]Cc1ccccc1)C(=O)[O-])Nc1ccc(O)cc1. The lowest BCUT2D eigenvalue weighted by atomic mass is 10.2. The Bertz CT molecular complexity index is 704. The molecule has 0 aliphatic heterocycles. The number of carboxylic acid groups (broad SMARTS) is 1. The summed E-state index contributed by atoms with van der Waals surface area (Å²) < 4.78 is 0. The molecule has 6 N–H and O–H groups in total. The summed E-state index contributed by atoms with van der Waals surface area (Å²) in [5.41, 5.74) is 1.71. The molecule has 26 heavy (non-hydrogen) atoms. The number of hydrogen-bond acceptors (Lipinski definition) is 4. The third kappa shape index (κ3) is 6.92. The second-order valence-corrected chi connectivity index (χ2v) is 6.02. The minimum atomic E-state index is -1.26. The van der Waals surface area contributed by atoms with Crippen LogP contribution in [0.3, 0.4) is 0 Å². The molecule has 0 saturated heterocycles. The number of quaternary nitrogens is 2. The van der Waals surface area contributed by atoms with Crippen LogP contribution in [0.4, 0.5) is 5.69 Å². The number of rotatable bonds is 10. The fourth-order valence-corrected chi connectivity index (χ4v) is 2.52. The topological polar surface area (TPSA) is 123 Å². The van der Waals surface area contributed by atoms with E-state index < -0.39 is 17.9 Å². The van der Waals surface area contributed by atoms with Crippen LogP contribution in [0.5, 0.6) is 5.75 Å². The van der Waals surface area contributed by atoms with Crippen molar-refractivity contribution in [1.82, 2.24) is 0 Å². The van der Waals surface area contributed by atoms with Gasteiger partial charge in [-0.2, -0.15) is 0 Å². The van der Waals surface area contributed by atoms with E-state index in [1.54, 1.807) is 17.4 Å². The van der Waals surface area contributed by atoms with Gasteiger partial charge in [-0.05, 0) is 24.3 Å². The normalized spacial score (nSPS) is 11.7. The zero-order valence-electron chi connectivity index (χ0n) is 14.4. The molecule has 1 amide bonds. The number of carbonyl (C=O) groups excluding carboxylic acids is 2. The molecule has 7 nitrogen and oxygen atoms in total. The Morgan fingerprint density at radius 2 is 1.73 bits per heavy atom. The summed E-state index contributed by atoms with van der Waals surface area (Å²) in [5, 5.41) is 26.8. The first kappa shape index (κ1) is 19.4. The summed E-state index contributed by atoms with van der Waals surface area (Å²) in [6.07, 6.45) is -0.179. The number of nitrogens with one attached hydrogen (secondary N) is 1. The molecule has 2 aromatic carbocycles.